The highest BCUT2D eigenvalue weighted by atomic mass is 16.5. The Morgan fingerprint density at radius 2 is 2.05 bits per heavy atom. The van der Waals surface area contributed by atoms with Crippen molar-refractivity contribution in [3.05, 3.63) is 29.3 Å². The van der Waals surface area contributed by atoms with Gasteiger partial charge in [-0.2, -0.15) is 0 Å². The van der Waals surface area contributed by atoms with Crippen molar-refractivity contribution in [2.45, 2.75) is 39.2 Å². The molecule has 2 rings (SSSR count). The van der Waals surface area contributed by atoms with E-state index in [2.05, 4.69) is 0 Å². The predicted molar refractivity (Wildman–Crippen MR) is 74.6 cm³/mol. The third kappa shape index (κ3) is 3.80. The van der Waals surface area contributed by atoms with Crippen LogP contribution in [0.5, 0.6) is 5.75 Å². The quantitative estimate of drug-likeness (QED) is 0.735. The van der Waals surface area contributed by atoms with Gasteiger partial charge in [0.2, 0.25) is 0 Å². The van der Waals surface area contributed by atoms with Crippen molar-refractivity contribution in [3.8, 4) is 5.75 Å². The Morgan fingerprint density at radius 3 is 2.68 bits per heavy atom. The van der Waals surface area contributed by atoms with Gasteiger partial charge in [0, 0.05) is 17.7 Å². The third-order valence-electron chi connectivity index (χ3n) is 3.77. The molecule has 104 valence electrons. The smallest absolute Gasteiger partial charge is 0.159 e. The molecule has 1 aliphatic carbocycles. The molecule has 3 heteroatoms. The van der Waals surface area contributed by atoms with Gasteiger partial charge in [0.15, 0.2) is 5.78 Å². The Balaban J connectivity index is 1.96. The minimum atomic E-state index is 0.0692. The Labute approximate surface area is 114 Å². The molecule has 0 heterocycles. The highest BCUT2D eigenvalue weighted by Gasteiger charge is 2.15. The number of benzene rings is 1. The molecule has 0 unspecified atom stereocenters. The summed E-state index contributed by atoms with van der Waals surface area (Å²) < 4.78 is 11.1. The zero-order valence-electron chi connectivity index (χ0n) is 11.8. The fourth-order valence-corrected chi connectivity index (χ4v) is 2.62. The van der Waals surface area contributed by atoms with Crippen LogP contribution in [0.4, 0.5) is 0 Å². The van der Waals surface area contributed by atoms with Crippen LogP contribution in [0.25, 0.3) is 0 Å². The number of hydrogen-bond donors (Lipinski definition) is 0. The second kappa shape index (κ2) is 6.71. The van der Waals surface area contributed by atoms with Gasteiger partial charge in [0.05, 0.1) is 13.7 Å². The second-order valence-electron chi connectivity index (χ2n) is 5.25. The summed E-state index contributed by atoms with van der Waals surface area (Å²) in [6.45, 7) is 2.90. The Bertz CT molecular complexity index is 434. The van der Waals surface area contributed by atoms with Crippen molar-refractivity contribution in [1.29, 1.82) is 0 Å². The average Bonchev–Trinajstić information content (AvgIpc) is 2.91. The Hall–Kier alpha value is -1.35. The number of hydrogen-bond acceptors (Lipinski definition) is 3. The molecule has 1 saturated carbocycles. The van der Waals surface area contributed by atoms with Crippen molar-refractivity contribution in [2.24, 2.45) is 5.92 Å². The summed E-state index contributed by atoms with van der Waals surface area (Å²) in [6.07, 6.45) is 5.23. The number of carbonyl (C=O) groups is 1. The van der Waals surface area contributed by atoms with Crippen molar-refractivity contribution in [3.63, 3.8) is 0 Å². The van der Waals surface area contributed by atoms with E-state index in [0.29, 0.717) is 18.1 Å². The minimum absolute atomic E-state index is 0.0692. The molecule has 1 aromatic carbocycles. The molecule has 0 spiro atoms. The predicted octanol–water partition coefficient (Wildman–Crippen LogP) is 3.60. The van der Waals surface area contributed by atoms with Gasteiger partial charge in [0.25, 0.3) is 0 Å². The fraction of sp³-hybridized carbons (Fsp3) is 0.562. The number of methoxy groups -OCH3 is 1. The molecule has 0 atom stereocenters. The summed E-state index contributed by atoms with van der Waals surface area (Å²) in [6, 6.07) is 5.50. The SMILES string of the molecule is COc1ccc(C(C)=O)cc1COCC1CCCC1. The zero-order chi connectivity index (χ0) is 13.7. The van der Waals surface area contributed by atoms with Crippen LogP contribution in [0.15, 0.2) is 18.2 Å². The van der Waals surface area contributed by atoms with Crippen molar-refractivity contribution in [2.75, 3.05) is 13.7 Å². The number of ketones is 1. The molecule has 0 N–H and O–H groups in total. The van der Waals surface area contributed by atoms with Crippen LogP contribution in [0, 0.1) is 5.92 Å². The van der Waals surface area contributed by atoms with Crippen molar-refractivity contribution < 1.29 is 14.3 Å². The maximum absolute atomic E-state index is 11.4. The molecule has 0 radical (unpaired) electrons. The van der Waals surface area contributed by atoms with Gasteiger partial charge < -0.3 is 9.47 Å². The Kier molecular flexibility index (Phi) is 4.97. The van der Waals surface area contributed by atoms with E-state index in [4.69, 9.17) is 9.47 Å². The molecular weight excluding hydrogens is 240 g/mol. The largest absolute Gasteiger partial charge is 0.496 e. The summed E-state index contributed by atoms with van der Waals surface area (Å²) in [5.74, 6) is 1.57. The van der Waals surface area contributed by atoms with E-state index >= 15 is 0 Å². The highest BCUT2D eigenvalue weighted by Crippen LogP contribution is 2.26. The van der Waals surface area contributed by atoms with Gasteiger partial charge in [-0.15, -0.1) is 0 Å². The number of Topliss-reactive ketones (excluding diaryl/α,β-unsaturated/α-hetero) is 1. The van der Waals surface area contributed by atoms with E-state index < -0.39 is 0 Å². The normalized spacial score (nSPS) is 15.7. The number of rotatable bonds is 6. The topological polar surface area (TPSA) is 35.5 Å². The molecule has 1 fully saturated rings. The Morgan fingerprint density at radius 1 is 1.32 bits per heavy atom. The summed E-state index contributed by atoms with van der Waals surface area (Å²) in [7, 11) is 1.64. The molecule has 1 aliphatic rings. The third-order valence-corrected chi connectivity index (χ3v) is 3.77. The monoisotopic (exact) mass is 262 g/mol. The van der Waals surface area contributed by atoms with E-state index in [-0.39, 0.29) is 5.78 Å². The van der Waals surface area contributed by atoms with Gasteiger partial charge in [-0.05, 0) is 43.9 Å². The van der Waals surface area contributed by atoms with Gasteiger partial charge >= 0.3 is 0 Å². The van der Waals surface area contributed by atoms with E-state index in [1.54, 1.807) is 20.1 Å². The first kappa shape index (κ1) is 14.1. The standard InChI is InChI=1S/C16H22O3/c1-12(17)14-7-8-16(18-2)15(9-14)11-19-10-13-5-3-4-6-13/h7-9,13H,3-6,10-11H2,1-2H3. The summed E-state index contributed by atoms with van der Waals surface area (Å²) in [5, 5.41) is 0. The van der Waals surface area contributed by atoms with E-state index in [1.165, 1.54) is 25.7 Å². The van der Waals surface area contributed by atoms with Gasteiger partial charge in [-0.3, -0.25) is 4.79 Å². The zero-order valence-corrected chi connectivity index (χ0v) is 11.8. The first-order chi connectivity index (χ1) is 9.20. The van der Waals surface area contributed by atoms with Crippen LogP contribution in [0.1, 0.15) is 48.5 Å². The first-order valence-corrected chi connectivity index (χ1v) is 6.96. The molecule has 0 aromatic heterocycles. The second-order valence-corrected chi connectivity index (χ2v) is 5.25. The van der Waals surface area contributed by atoms with Crippen LogP contribution in [0.2, 0.25) is 0 Å². The van der Waals surface area contributed by atoms with Crippen LogP contribution in [0.3, 0.4) is 0 Å². The molecule has 0 bridgehead atoms. The van der Waals surface area contributed by atoms with Gasteiger partial charge in [-0.25, -0.2) is 0 Å². The summed E-state index contributed by atoms with van der Waals surface area (Å²) in [4.78, 5) is 11.4. The van der Waals surface area contributed by atoms with Gasteiger partial charge in [-0.1, -0.05) is 12.8 Å². The minimum Gasteiger partial charge on any atom is -0.496 e. The number of ether oxygens (including phenoxy) is 2. The van der Waals surface area contributed by atoms with Crippen molar-refractivity contribution >= 4 is 5.78 Å². The fourth-order valence-electron chi connectivity index (χ4n) is 2.62. The highest BCUT2D eigenvalue weighted by molar-refractivity contribution is 5.94. The van der Waals surface area contributed by atoms with Gasteiger partial charge in [0.1, 0.15) is 5.75 Å². The molecule has 3 nitrogen and oxygen atoms in total. The van der Waals surface area contributed by atoms with Crippen LogP contribution >= 0.6 is 0 Å². The van der Waals surface area contributed by atoms with Crippen LogP contribution in [-0.4, -0.2) is 19.5 Å². The van der Waals surface area contributed by atoms with Crippen molar-refractivity contribution in [1.82, 2.24) is 0 Å². The first-order valence-electron chi connectivity index (χ1n) is 6.96. The van der Waals surface area contributed by atoms with E-state index in [1.807, 2.05) is 12.1 Å². The van der Waals surface area contributed by atoms with E-state index in [9.17, 15) is 4.79 Å². The lowest BCUT2D eigenvalue weighted by Crippen LogP contribution is -2.06. The molecule has 1 aromatic rings. The summed E-state index contributed by atoms with van der Waals surface area (Å²) in [5.41, 5.74) is 1.66. The van der Waals surface area contributed by atoms with Crippen LogP contribution in [-0.2, 0) is 11.3 Å². The lowest BCUT2D eigenvalue weighted by atomic mass is 10.1. The molecule has 0 amide bonds. The molecule has 19 heavy (non-hydrogen) atoms. The number of carbonyl (C=O) groups excluding carboxylic acids is 1. The van der Waals surface area contributed by atoms with E-state index in [0.717, 1.165) is 17.9 Å². The maximum Gasteiger partial charge on any atom is 0.159 e. The molecule has 0 aliphatic heterocycles. The molecule has 0 saturated heterocycles. The molecular formula is C16H22O3. The maximum atomic E-state index is 11.4. The lowest BCUT2D eigenvalue weighted by Gasteiger charge is -2.13. The summed E-state index contributed by atoms with van der Waals surface area (Å²) >= 11 is 0. The average molecular weight is 262 g/mol. The lowest BCUT2D eigenvalue weighted by molar-refractivity contribution is 0.0873. The van der Waals surface area contributed by atoms with Crippen LogP contribution < -0.4 is 4.74 Å².